The summed E-state index contributed by atoms with van der Waals surface area (Å²) in [5.74, 6) is 0.790. The minimum atomic E-state index is -0.505. The summed E-state index contributed by atoms with van der Waals surface area (Å²) in [6.45, 7) is 0.792. The molecule has 6 heteroatoms. The van der Waals surface area contributed by atoms with Crippen molar-refractivity contribution in [3.63, 3.8) is 0 Å². The van der Waals surface area contributed by atoms with Crippen molar-refractivity contribution in [2.24, 2.45) is 0 Å². The Balaban J connectivity index is 1.47. The minimum Gasteiger partial charge on any atom is -0.490 e. The van der Waals surface area contributed by atoms with Crippen LogP contribution in [0.1, 0.15) is 20.7 Å². The highest BCUT2D eigenvalue weighted by Gasteiger charge is 2.10. The highest BCUT2D eigenvalue weighted by molar-refractivity contribution is 5.92. The van der Waals surface area contributed by atoms with Gasteiger partial charge in [0.25, 0.3) is 0 Å². The summed E-state index contributed by atoms with van der Waals surface area (Å²) in [4.78, 5) is 23.7. The Morgan fingerprint density at radius 3 is 1.66 bits per heavy atom. The van der Waals surface area contributed by atoms with E-state index in [-0.39, 0.29) is 0 Å². The Labute approximate surface area is 168 Å². The molecule has 29 heavy (non-hydrogen) atoms. The van der Waals surface area contributed by atoms with Crippen LogP contribution in [0.5, 0.6) is 17.2 Å². The highest BCUT2D eigenvalue weighted by Crippen LogP contribution is 2.17. The number of methoxy groups -OCH3 is 1. The maximum Gasteiger partial charge on any atom is 0.343 e. The predicted octanol–water partition coefficient (Wildman–Crippen LogP) is 4.15. The van der Waals surface area contributed by atoms with Gasteiger partial charge < -0.3 is 18.9 Å². The van der Waals surface area contributed by atoms with E-state index in [1.807, 2.05) is 30.3 Å². The Morgan fingerprint density at radius 2 is 1.10 bits per heavy atom. The number of esters is 2. The van der Waals surface area contributed by atoms with Crippen molar-refractivity contribution in [1.29, 1.82) is 0 Å². The fourth-order valence-corrected chi connectivity index (χ4v) is 2.47. The minimum absolute atomic E-state index is 0.334. The molecule has 0 saturated heterocycles. The molecule has 0 spiro atoms. The molecule has 0 bridgehead atoms. The second kappa shape index (κ2) is 9.94. The van der Waals surface area contributed by atoms with Crippen LogP contribution in [0.25, 0.3) is 0 Å². The standard InChI is InChI=1S/C23H20O6/c1-26-22(24)17-9-13-21(14-10-17)29-23(25)18-7-11-20(12-8-18)28-16-15-27-19-5-3-2-4-6-19/h2-14H,15-16H2,1H3. The molecular weight excluding hydrogens is 372 g/mol. The van der Waals surface area contributed by atoms with Gasteiger partial charge in [-0.1, -0.05) is 18.2 Å². The Hall–Kier alpha value is -3.80. The second-order valence-electron chi connectivity index (χ2n) is 5.94. The molecule has 0 saturated carbocycles. The molecule has 0 heterocycles. The van der Waals surface area contributed by atoms with Gasteiger partial charge in [0, 0.05) is 0 Å². The van der Waals surface area contributed by atoms with E-state index in [1.54, 1.807) is 24.3 Å². The first-order valence-electron chi connectivity index (χ1n) is 8.97. The fraction of sp³-hybridized carbons (Fsp3) is 0.130. The number of benzene rings is 3. The Morgan fingerprint density at radius 1 is 0.621 bits per heavy atom. The summed E-state index contributed by atoms with van der Waals surface area (Å²) in [5.41, 5.74) is 0.764. The van der Waals surface area contributed by atoms with Crippen LogP contribution in [0.4, 0.5) is 0 Å². The number of hydrogen-bond acceptors (Lipinski definition) is 6. The van der Waals surface area contributed by atoms with Gasteiger partial charge in [0.15, 0.2) is 0 Å². The summed E-state index contributed by atoms with van der Waals surface area (Å²) in [6, 6.07) is 22.3. The van der Waals surface area contributed by atoms with Crippen molar-refractivity contribution in [3.05, 3.63) is 90.0 Å². The molecule has 0 aliphatic rings. The van der Waals surface area contributed by atoms with Crippen molar-refractivity contribution < 1.29 is 28.5 Å². The van der Waals surface area contributed by atoms with Gasteiger partial charge in [0.1, 0.15) is 30.5 Å². The molecule has 0 atom stereocenters. The largest absolute Gasteiger partial charge is 0.490 e. The molecule has 0 aromatic heterocycles. The van der Waals surface area contributed by atoms with Crippen LogP contribution in [-0.2, 0) is 4.74 Å². The van der Waals surface area contributed by atoms with Gasteiger partial charge in [-0.2, -0.15) is 0 Å². The third-order valence-electron chi connectivity index (χ3n) is 3.94. The number of carbonyl (C=O) groups is 2. The van der Waals surface area contributed by atoms with E-state index >= 15 is 0 Å². The molecule has 0 aliphatic heterocycles. The van der Waals surface area contributed by atoms with Crippen LogP contribution in [-0.4, -0.2) is 32.3 Å². The zero-order valence-electron chi connectivity index (χ0n) is 15.9. The first-order valence-corrected chi connectivity index (χ1v) is 8.97. The van der Waals surface area contributed by atoms with Crippen molar-refractivity contribution in [1.82, 2.24) is 0 Å². The lowest BCUT2D eigenvalue weighted by Crippen LogP contribution is -2.10. The summed E-state index contributed by atoms with van der Waals surface area (Å²) in [7, 11) is 1.31. The third kappa shape index (κ3) is 5.84. The van der Waals surface area contributed by atoms with E-state index in [1.165, 1.54) is 31.4 Å². The molecule has 0 N–H and O–H groups in total. The number of ether oxygens (including phenoxy) is 4. The van der Waals surface area contributed by atoms with Crippen LogP contribution in [0.15, 0.2) is 78.9 Å². The molecule has 0 unspecified atom stereocenters. The number of para-hydroxylation sites is 1. The maximum absolute atomic E-state index is 12.2. The average molecular weight is 392 g/mol. The van der Waals surface area contributed by atoms with Gasteiger partial charge in [-0.15, -0.1) is 0 Å². The molecule has 148 valence electrons. The van der Waals surface area contributed by atoms with E-state index in [0.29, 0.717) is 35.8 Å². The Bertz CT molecular complexity index is 933. The first-order chi connectivity index (χ1) is 14.2. The number of rotatable bonds is 8. The lowest BCUT2D eigenvalue weighted by atomic mass is 10.2. The zero-order valence-corrected chi connectivity index (χ0v) is 15.9. The Kier molecular flexibility index (Phi) is 6.84. The van der Waals surface area contributed by atoms with Gasteiger partial charge in [-0.05, 0) is 60.7 Å². The molecular formula is C23H20O6. The molecule has 0 radical (unpaired) electrons. The van der Waals surface area contributed by atoms with E-state index in [4.69, 9.17) is 14.2 Å². The van der Waals surface area contributed by atoms with Crippen LogP contribution >= 0.6 is 0 Å². The van der Waals surface area contributed by atoms with Gasteiger partial charge >= 0.3 is 11.9 Å². The monoisotopic (exact) mass is 392 g/mol. The van der Waals surface area contributed by atoms with E-state index in [0.717, 1.165) is 5.75 Å². The predicted molar refractivity (Wildman–Crippen MR) is 107 cm³/mol. The summed E-state index contributed by atoms with van der Waals surface area (Å²) in [6.07, 6.45) is 0. The molecule has 3 aromatic rings. The summed E-state index contributed by atoms with van der Waals surface area (Å²) < 4.78 is 21.1. The summed E-state index contributed by atoms with van der Waals surface area (Å²) in [5, 5.41) is 0. The first kappa shape index (κ1) is 19.9. The van der Waals surface area contributed by atoms with Crippen molar-refractivity contribution in [2.75, 3.05) is 20.3 Å². The molecule has 3 rings (SSSR count). The van der Waals surface area contributed by atoms with Crippen molar-refractivity contribution in [3.8, 4) is 17.2 Å². The molecule has 6 nitrogen and oxygen atoms in total. The normalized spacial score (nSPS) is 10.1. The van der Waals surface area contributed by atoms with Gasteiger partial charge in [0.05, 0.1) is 18.2 Å². The number of carbonyl (C=O) groups excluding carboxylic acids is 2. The molecule has 3 aromatic carbocycles. The SMILES string of the molecule is COC(=O)c1ccc(OC(=O)c2ccc(OCCOc3ccccc3)cc2)cc1. The zero-order chi connectivity index (χ0) is 20.5. The van der Waals surface area contributed by atoms with E-state index in [2.05, 4.69) is 4.74 Å². The van der Waals surface area contributed by atoms with Crippen LogP contribution in [0.2, 0.25) is 0 Å². The van der Waals surface area contributed by atoms with Crippen molar-refractivity contribution in [2.45, 2.75) is 0 Å². The highest BCUT2D eigenvalue weighted by atomic mass is 16.5. The second-order valence-corrected chi connectivity index (χ2v) is 5.94. The average Bonchev–Trinajstić information content (AvgIpc) is 2.78. The number of hydrogen-bond donors (Lipinski definition) is 0. The molecule has 0 amide bonds. The van der Waals surface area contributed by atoms with Crippen LogP contribution < -0.4 is 14.2 Å². The molecule has 0 aliphatic carbocycles. The molecule has 0 fully saturated rings. The van der Waals surface area contributed by atoms with Gasteiger partial charge in [0.2, 0.25) is 0 Å². The fourth-order valence-electron chi connectivity index (χ4n) is 2.47. The quantitative estimate of drug-likeness (QED) is 0.326. The van der Waals surface area contributed by atoms with Crippen LogP contribution in [0.3, 0.4) is 0 Å². The van der Waals surface area contributed by atoms with E-state index in [9.17, 15) is 9.59 Å². The van der Waals surface area contributed by atoms with Gasteiger partial charge in [-0.3, -0.25) is 0 Å². The maximum atomic E-state index is 12.2. The van der Waals surface area contributed by atoms with E-state index < -0.39 is 11.9 Å². The lowest BCUT2D eigenvalue weighted by molar-refractivity contribution is 0.0600. The van der Waals surface area contributed by atoms with Crippen molar-refractivity contribution >= 4 is 11.9 Å². The summed E-state index contributed by atoms with van der Waals surface area (Å²) >= 11 is 0. The lowest BCUT2D eigenvalue weighted by Gasteiger charge is -2.09. The van der Waals surface area contributed by atoms with Gasteiger partial charge in [-0.25, -0.2) is 9.59 Å². The topological polar surface area (TPSA) is 71.1 Å². The third-order valence-corrected chi connectivity index (χ3v) is 3.94. The van der Waals surface area contributed by atoms with Crippen LogP contribution in [0, 0.1) is 0 Å². The smallest absolute Gasteiger partial charge is 0.343 e.